The van der Waals surface area contributed by atoms with Gasteiger partial charge in [-0.15, -0.1) is 0 Å². The van der Waals surface area contributed by atoms with Crippen LogP contribution in [0.3, 0.4) is 0 Å². The summed E-state index contributed by atoms with van der Waals surface area (Å²) in [6.07, 6.45) is 2.45. The Hall–Kier alpha value is -2.36. The zero-order valence-corrected chi connectivity index (χ0v) is 20.2. The van der Waals surface area contributed by atoms with Crippen LogP contribution in [-0.2, 0) is 4.74 Å². The summed E-state index contributed by atoms with van der Waals surface area (Å²) in [5.74, 6) is -0.235. The monoisotopic (exact) mass is 543 g/mol. The maximum absolute atomic E-state index is 13.0. The first-order chi connectivity index (χ1) is 15.1. The summed E-state index contributed by atoms with van der Waals surface area (Å²) >= 11 is 0. The molecule has 5 rings (SSSR count). The van der Waals surface area contributed by atoms with E-state index in [9.17, 15) is 9.59 Å². The van der Waals surface area contributed by atoms with Crippen molar-refractivity contribution >= 4 is 22.5 Å². The number of rotatable bonds is 5. The Kier molecular flexibility index (Phi) is 6.60. The van der Waals surface area contributed by atoms with Crippen LogP contribution in [0.15, 0.2) is 48.7 Å². The maximum atomic E-state index is 13.0. The van der Waals surface area contributed by atoms with Gasteiger partial charge in [0.2, 0.25) is 5.78 Å². The second kappa shape index (κ2) is 9.25. The van der Waals surface area contributed by atoms with E-state index in [4.69, 9.17) is 4.74 Å². The summed E-state index contributed by atoms with van der Waals surface area (Å²) < 4.78 is 6.44. The number of amides is 1. The number of quaternary nitrogens is 1. The van der Waals surface area contributed by atoms with Crippen molar-refractivity contribution in [2.24, 2.45) is 0 Å². The highest BCUT2D eigenvalue weighted by atomic mass is 127. The first-order valence-electron chi connectivity index (χ1n) is 10.8. The summed E-state index contributed by atoms with van der Waals surface area (Å²) in [7, 11) is 2.25. The van der Waals surface area contributed by atoms with Crippen LogP contribution in [0.4, 0.5) is 0 Å². The van der Waals surface area contributed by atoms with Gasteiger partial charge in [-0.25, -0.2) is 0 Å². The number of pyridine rings is 1. The lowest BCUT2D eigenvalue weighted by Gasteiger charge is -2.37. The highest BCUT2D eigenvalue weighted by molar-refractivity contribution is 6.26. The molecule has 2 aliphatic rings. The second-order valence-corrected chi connectivity index (χ2v) is 8.64. The average molecular weight is 543 g/mol. The molecule has 1 amide bonds. The molecule has 2 aromatic carbocycles. The predicted octanol–water partition coefficient (Wildman–Crippen LogP) is 0.0469. The normalized spacial score (nSPS) is 16.2. The fraction of sp³-hybridized carbons (Fsp3) is 0.320. The van der Waals surface area contributed by atoms with Crippen molar-refractivity contribution in [1.29, 1.82) is 0 Å². The van der Waals surface area contributed by atoms with E-state index in [-0.39, 0.29) is 35.7 Å². The third-order valence-corrected chi connectivity index (χ3v) is 6.55. The third-order valence-electron chi connectivity index (χ3n) is 6.55. The standard InChI is InChI=1S/C25H25N3O3.HI/c1-28(12-14-31-15-13-28)11-5-10-26-25(30)21-16-27-23-22-18(8-4-9-19(21)22)17-6-2-3-7-20(17)24(23)29;/h2-4,6-9,16H,5,10-15H2,1H3;1H. The van der Waals surface area contributed by atoms with Gasteiger partial charge in [-0.1, -0.05) is 42.5 Å². The lowest BCUT2D eigenvalue weighted by molar-refractivity contribution is -0.916. The summed E-state index contributed by atoms with van der Waals surface area (Å²) in [4.78, 5) is 30.4. The van der Waals surface area contributed by atoms with Crippen molar-refractivity contribution in [1.82, 2.24) is 10.3 Å². The van der Waals surface area contributed by atoms with Crippen molar-refractivity contribution in [3.8, 4) is 11.1 Å². The number of hydrogen-bond donors (Lipinski definition) is 1. The van der Waals surface area contributed by atoms with Crippen LogP contribution in [-0.4, -0.2) is 67.6 Å². The van der Waals surface area contributed by atoms with Gasteiger partial charge in [-0.2, -0.15) is 0 Å². The number of halogens is 1. The van der Waals surface area contributed by atoms with Crippen molar-refractivity contribution in [3.05, 3.63) is 65.5 Å². The number of fused-ring (bicyclic) bond motifs is 2. The number of hydrogen-bond acceptors (Lipinski definition) is 4. The van der Waals surface area contributed by atoms with Gasteiger partial charge in [0.25, 0.3) is 5.91 Å². The van der Waals surface area contributed by atoms with E-state index in [1.54, 1.807) is 6.20 Å². The number of carbonyl (C=O) groups excluding carboxylic acids is 2. The molecule has 0 atom stereocenters. The Balaban J connectivity index is 0.00000245. The molecule has 32 heavy (non-hydrogen) atoms. The van der Waals surface area contributed by atoms with Gasteiger partial charge in [-0.3, -0.25) is 14.6 Å². The molecular weight excluding hydrogens is 517 g/mol. The number of benzene rings is 2. The van der Waals surface area contributed by atoms with E-state index in [1.807, 2.05) is 42.5 Å². The molecule has 1 fully saturated rings. The van der Waals surface area contributed by atoms with E-state index in [2.05, 4.69) is 17.3 Å². The minimum atomic E-state index is -0.146. The first-order valence-corrected chi connectivity index (χ1v) is 10.8. The SMILES string of the molecule is C[N+]1(CCCNC(=O)c2cnc3c4c(cccc24)-c2ccccc2C3=O)CCOCC1.[I-]. The van der Waals surface area contributed by atoms with E-state index in [1.165, 1.54) is 0 Å². The van der Waals surface area contributed by atoms with Gasteiger partial charge >= 0.3 is 0 Å². The van der Waals surface area contributed by atoms with E-state index >= 15 is 0 Å². The van der Waals surface area contributed by atoms with Crippen LogP contribution in [0.2, 0.25) is 0 Å². The average Bonchev–Trinajstić information content (AvgIpc) is 2.80. The number of likely N-dealkylation sites (N-methyl/N-ethyl adjacent to an activating group) is 1. The third kappa shape index (κ3) is 4.04. The van der Waals surface area contributed by atoms with Crippen molar-refractivity contribution < 1.29 is 42.8 Å². The molecule has 1 saturated heterocycles. The molecule has 1 aromatic heterocycles. The minimum absolute atomic E-state index is 0. The number of morpholine rings is 1. The molecule has 166 valence electrons. The number of nitrogens with zero attached hydrogens (tertiary/aromatic N) is 2. The summed E-state index contributed by atoms with van der Waals surface area (Å²) in [6.45, 7) is 5.26. The molecule has 1 aliphatic heterocycles. The molecule has 2 heterocycles. The zero-order chi connectivity index (χ0) is 21.4. The molecule has 1 aliphatic carbocycles. The van der Waals surface area contributed by atoms with E-state index in [0.717, 1.165) is 65.7 Å². The molecule has 1 N–H and O–H groups in total. The maximum Gasteiger partial charge on any atom is 0.253 e. The summed E-state index contributed by atoms with van der Waals surface area (Å²) in [5, 5.41) is 4.59. The van der Waals surface area contributed by atoms with Crippen molar-refractivity contribution in [3.63, 3.8) is 0 Å². The van der Waals surface area contributed by atoms with Gasteiger partial charge in [0, 0.05) is 30.1 Å². The quantitative estimate of drug-likeness (QED) is 0.220. The van der Waals surface area contributed by atoms with Crippen LogP contribution in [0, 0.1) is 0 Å². The number of carbonyl (C=O) groups is 2. The fourth-order valence-corrected chi connectivity index (χ4v) is 4.68. The Morgan fingerprint density at radius 2 is 1.78 bits per heavy atom. The molecule has 0 bridgehead atoms. The Labute approximate surface area is 204 Å². The molecule has 0 spiro atoms. The number of nitrogens with one attached hydrogen (secondary N) is 1. The molecule has 3 aromatic rings. The minimum Gasteiger partial charge on any atom is -1.00 e. The summed E-state index contributed by atoms with van der Waals surface area (Å²) in [6, 6.07) is 13.4. The molecular formula is C25H26IN3O3. The van der Waals surface area contributed by atoms with E-state index < -0.39 is 0 Å². The highest BCUT2D eigenvalue weighted by Gasteiger charge is 2.28. The molecule has 6 nitrogen and oxygen atoms in total. The predicted molar refractivity (Wildman–Crippen MR) is 119 cm³/mol. The number of aromatic nitrogens is 1. The molecule has 7 heteroatoms. The van der Waals surface area contributed by atoms with Crippen molar-refractivity contribution in [2.45, 2.75) is 6.42 Å². The zero-order valence-electron chi connectivity index (χ0n) is 18.1. The lowest BCUT2D eigenvalue weighted by atomic mass is 9.84. The largest absolute Gasteiger partial charge is 1.00 e. The van der Waals surface area contributed by atoms with Gasteiger partial charge in [-0.05, 0) is 16.5 Å². The second-order valence-electron chi connectivity index (χ2n) is 8.64. The molecule has 0 unspecified atom stereocenters. The molecule has 0 saturated carbocycles. The summed E-state index contributed by atoms with van der Waals surface area (Å²) in [5.41, 5.74) is 3.44. The fourth-order valence-electron chi connectivity index (χ4n) is 4.68. The Morgan fingerprint density at radius 3 is 2.56 bits per heavy atom. The van der Waals surface area contributed by atoms with Crippen LogP contribution in [0.5, 0.6) is 0 Å². The van der Waals surface area contributed by atoms with Crippen LogP contribution >= 0.6 is 0 Å². The topological polar surface area (TPSA) is 68.3 Å². The smallest absolute Gasteiger partial charge is 0.253 e. The Bertz CT molecular complexity index is 1190. The highest BCUT2D eigenvalue weighted by Crippen LogP contribution is 2.39. The van der Waals surface area contributed by atoms with Crippen LogP contribution in [0.1, 0.15) is 32.8 Å². The van der Waals surface area contributed by atoms with Gasteiger partial charge < -0.3 is 38.5 Å². The first kappa shape index (κ1) is 22.8. The lowest BCUT2D eigenvalue weighted by Crippen LogP contribution is -3.00. The van der Waals surface area contributed by atoms with Gasteiger partial charge in [0.05, 0.1) is 32.4 Å². The van der Waals surface area contributed by atoms with Crippen LogP contribution in [0.25, 0.3) is 21.9 Å². The van der Waals surface area contributed by atoms with Crippen molar-refractivity contribution in [2.75, 3.05) is 46.4 Å². The van der Waals surface area contributed by atoms with Gasteiger partial charge in [0.1, 0.15) is 18.8 Å². The molecule has 0 radical (unpaired) electrons. The van der Waals surface area contributed by atoms with Crippen LogP contribution < -0.4 is 29.3 Å². The number of ketones is 1. The Morgan fingerprint density at radius 1 is 1.06 bits per heavy atom. The van der Waals surface area contributed by atoms with E-state index in [0.29, 0.717) is 23.4 Å². The number of ether oxygens (including phenoxy) is 1. The van der Waals surface area contributed by atoms with Gasteiger partial charge in [0.15, 0.2) is 0 Å².